The SMILES string of the molecule is CCNC(=O)CN(CC)CC(CN)C(F)(F)F. The maximum absolute atomic E-state index is 12.5. The van der Waals surface area contributed by atoms with Gasteiger partial charge in [-0.3, -0.25) is 9.69 Å². The Morgan fingerprint density at radius 3 is 2.35 bits per heavy atom. The van der Waals surface area contributed by atoms with Gasteiger partial charge in [0.1, 0.15) is 0 Å². The Labute approximate surface area is 99.3 Å². The van der Waals surface area contributed by atoms with Crippen molar-refractivity contribution >= 4 is 5.91 Å². The van der Waals surface area contributed by atoms with E-state index in [-0.39, 0.29) is 19.0 Å². The first-order chi connectivity index (χ1) is 7.85. The average molecular weight is 255 g/mol. The number of carbonyl (C=O) groups excluding carboxylic acids is 1. The molecule has 0 saturated heterocycles. The summed E-state index contributed by atoms with van der Waals surface area (Å²) in [5.41, 5.74) is 5.10. The molecule has 0 aromatic rings. The molecule has 0 aliphatic carbocycles. The first-order valence-electron chi connectivity index (χ1n) is 5.60. The summed E-state index contributed by atoms with van der Waals surface area (Å²) in [5, 5.41) is 2.55. The summed E-state index contributed by atoms with van der Waals surface area (Å²) in [6.07, 6.45) is -4.32. The van der Waals surface area contributed by atoms with Crippen molar-refractivity contribution in [2.75, 3.05) is 32.7 Å². The van der Waals surface area contributed by atoms with Crippen LogP contribution in [0.3, 0.4) is 0 Å². The molecule has 0 bridgehead atoms. The molecule has 0 aromatic carbocycles. The van der Waals surface area contributed by atoms with Crippen LogP contribution in [0.4, 0.5) is 13.2 Å². The van der Waals surface area contributed by atoms with Gasteiger partial charge >= 0.3 is 6.18 Å². The summed E-state index contributed by atoms with van der Waals surface area (Å²) < 4.78 is 37.5. The van der Waals surface area contributed by atoms with Crippen LogP contribution in [0.5, 0.6) is 0 Å². The maximum Gasteiger partial charge on any atom is 0.394 e. The molecule has 7 heteroatoms. The van der Waals surface area contributed by atoms with Gasteiger partial charge in [-0.2, -0.15) is 13.2 Å². The number of likely N-dealkylation sites (N-methyl/N-ethyl adjacent to an activating group) is 2. The molecule has 3 N–H and O–H groups in total. The van der Waals surface area contributed by atoms with Gasteiger partial charge in [-0.05, 0) is 13.5 Å². The summed E-state index contributed by atoms with van der Waals surface area (Å²) in [6, 6.07) is 0. The lowest BCUT2D eigenvalue weighted by Gasteiger charge is -2.26. The van der Waals surface area contributed by atoms with Crippen molar-refractivity contribution in [3.05, 3.63) is 0 Å². The minimum absolute atomic E-state index is 0.0308. The number of rotatable bonds is 7. The molecular formula is C10H20F3N3O. The topological polar surface area (TPSA) is 58.4 Å². The van der Waals surface area contributed by atoms with Gasteiger partial charge in [0.05, 0.1) is 12.5 Å². The highest BCUT2D eigenvalue weighted by Crippen LogP contribution is 2.25. The fourth-order valence-electron chi connectivity index (χ4n) is 1.38. The Bertz CT molecular complexity index is 233. The molecule has 0 radical (unpaired) electrons. The molecule has 4 nitrogen and oxygen atoms in total. The lowest BCUT2D eigenvalue weighted by Crippen LogP contribution is -2.44. The molecule has 102 valence electrons. The smallest absolute Gasteiger partial charge is 0.355 e. The van der Waals surface area contributed by atoms with Crippen molar-refractivity contribution in [3.8, 4) is 0 Å². The molecule has 0 aliphatic heterocycles. The highest BCUT2D eigenvalue weighted by molar-refractivity contribution is 5.77. The second-order valence-electron chi connectivity index (χ2n) is 3.76. The van der Waals surface area contributed by atoms with Crippen molar-refractivity contribution in [1.29, 1.82) is 0 Å². The number of halogens is 3. The van der Waals surface area contributed by atoms with Gasteiger partial charge in [-0.25, -0.2) is 0 Å². The molecule has 1 amide bonds. The van der Waals surface area contributed by atoms with E-state index in [2.05, 4.69) is 5.32 Å². The van der Waals surface area contributed by atoms with Gasteiger partial charge in [0.15, 0.2) is 0 Å². The van der Waals surface area contributed by atoms with Gasteiger partial charge < -0.3 is 11.1 Å². The van der Waals surface area contributed by atoms with Gasteiger partial charge in [0.2, 0.25) is 5.91 Å². The molecule has 0 rings (SSSR count). The van der Waals surface area contributed by atoms with E-state index in [1.165, 1.54) is 4.90 Å². The fraction of sp³-hybridized carbons (Fsp3) is 0.900. The molecular weight excluding hydrogens is 235 g/mol. The number of hydrogen-bond donors (Lipinski definition) is 2. The quantitative estimate of drug-likeness (QED) is 0.699. The third kappa shape index (κ3) is 6.48. The van der Waals surface area contributed by atoms with Gasteiger partial charge in [-0.1, -0.05) is 6.92 Å². The number of nitrogens with one attached hydrogen (secondary N) is 1. The first kappa shape index (κ1) is 16.2. The molecule has 17 heavy (non-hydrogen) atoms. The molecule has 0 aromatic heterocycles. The number of alkyl halides is 3. The molecule has 0 heterocycles. The van der Waals surface area contributed by atoms with Crippen LogP contribution in [-0.4, -0.2) is 49.7 Å². The molecule has 1 atom stereocenters. The fourth-order valence-corrected chi connectivity index (χ4v) is 1.38. The molecule has 0 saturated carbocycles. The highest BCUT2D eigenvalue weighted by atomic mass is 19.4. The molecule has 0 fully saturated rings. The van der Waals surface area contributed by atoms with Crippen molar-refractivity contribution in [3.63, 3.8) is 0 Å². The first-order valence-corrected chi connectivity index (χ1v) is 5.60. The lowest BCUT2D eigenvalue weighted by molar-refractivity contribution is -0.176. The molecule has 1 unspecified atom stereocenters. The van der Waals surface area contributed by atoms with Gasteiger partial charge in [-0.15, -0.1) is 0 Å². The predicted molar refractivity (Wildman–Crippen MR) is 59.4 cm³/mol. The lowest BCUT2D eigenvalue weighted by atomic mass is 10.1. The zero-order valence-corrected chi connectivity index (χ0v) is 10.2. The Kier molecular flexibility index (Phi) is 7.13. The second kappa shape index (κ2) is 7.50. The van der Waals surface area contributed by atoms with Crippen LogP contribution in [0, 0.1) is 5.92 Å². The van der Waals surface area contributed by atoms with Gasteiger partial charge in [0.25, 0.3) is 0 Å². The van der Waals surface area contributed by atoms with E-state index >= 15 is 0 Å². The van der Waals surface area contributed by atoms with Crippen LogP contribution < -0.4 is 11.1 Å². The van der Waals surface area contributed by atoms with E-state index in [1.807, 2.05) is 0 Å². The number of amides is 1. The highest BCUT2D eigenvalue weighted by Gasteiger charge is 2.39. The van der Waals surface area contributed by atoms with Crippen molar-refractivity contribution < 1.29 is 18.0 Å². The van der Waals surface area contributed by atoms with Crippen LogP contribution in [0.15, 0.2) is 0 Å². The van der Waals surface area contributed by atoms with E-state index in [0.717, 1.165) is 0 Å². The standard InChI is InChI=1S/C10H20F3N3O/c1-3-15-9(17)7-16(4-2)6-8(5-14)10(11,12)13/h8H,3-7,14H2,1-2H3,(H,15,17). The summed E-state index contributed by atoms with van der Waals surface area (Å²) >= 11 is 0. The van der Waals surface area contributed by atoms with E-state index in [1.54, 1.807) is 13.8 Å². The van der Waals surface area contributed by atoms with Crippen LogP contribution in [-0.2, 0) is 4.79 Å². The number of nitrogens with zero attached hydrogens (tertiary/aromatic N) is 1. The Balaban J connectivity index is 4.32. The van der Waals surface area contributed by atoms with E-state index in [4.69, 9.17) is 5.73 Å². The number of carbonyl (C=O) groups is 1. The number of nitrogens with two attached hydrogens (primary N) is 1. The van der Waals surface area contributed by atoms with E-state index in [0.29, 0.717) is 13.1 Å². The van der Waals surface area contributed by atoms with Gasteiger partial charge in [0, 0.05) is 19.6 Å². The normalized spacial score (nSPS) is 13.8. The van der Waals surface area contributed by atoms with Crippen LogP contribution in [0.25, 0.3) is 0 Å². The zero-order chi connectivity index (χ0) is 13.5. The van der Waals surface area contributed by atoms with Crippen LogP contribution in [0.1, 0.15) is 13.8 Å². The van der Waals surface area contributed by atoms with Crippen LogP contribution in [0.2, 0.25) is 0 Å². The zero-order valence-electron chi connectivity index (χ0n) is 10.2. The Morgan fingerprint density at radius 1 is 1.41 bits per heavy atom. The van der Waals surface area contributed by atoms with E-state index < -0.39 is 18.6 Å². The van der Waals surface area contributed by atoms with Crippen LogP contribution >= 0.6 is 0 Å². The van der Waals surface area contributed by atoms with Crippen molar-refractivity contribution in [2.24, 2.45) is 11.7 Å². The monoisotopic (exact) mass is 255 g/mol. The minimum atomic E-state index is -4.32. The predicted octanol–water partition coefficient (Wildman–Crippen LogP) is 0.582. The Morgan fingerprint density at radius 2 is 2.00 bits per heavy atom. The molecule has 0 spiro atoms. The summed E-state index contributed by atoms with van der Waals surface area (Å²) in [5.74, 6) is -1.86. The minimum Gasteiger partial charge on any atom is -0.355 e. The maximum atomic E-state index is 12.5. The largest absolute Gasteiger partial charge is 0.394 e. The third-order valence-corrected chi connectivity index (χ3v) is 2.41. The summed E-state index contributed by atoms with van der Waals surface area (Å²) in [6.45, 7) is 3.58. The average Bonchev–Trinajstić information content (AvgIpc) is 2.22. The number of hydrogen-bond acceptors (Lipinski definition) is 3. The summed E-state index contributed by atoms with van der Waals surface area (Å²) in [7, 11) is 0. The molecule has 0 aliphatic rings. The van der Waals surface area contributed by atoms with E-state index in [9.17, 15) is 18.0 Å². The second-order valence-corrected chi connectivity index (χ2v) is 3.76. The van der Waals surface area contributed by atoms with Crippen molar-refractivity contribution in [2.45, 2.75) is 20.0 Å². The van der Waals surface area contributed by atoms with Crippen molar-refractivity contribution in [1.82, 2.24) is 10.2 Å². The Hall–Kier alpha value is -0.820. The summed E-state index contributed by atoms with van der Waals surface area (Å²) in [4.78, 5) is 12.7. The third-order valence-electron chi connectivity index (χ3n) is 2.41.